The molecular weight excluding hydrogens is 290 g/mol. The molecule has 0 bridgehead atoms. The SMILES string of the molecule is C=CCN(C(=C)c1c(C)cc(C)cc1C)C(C)C.CC.CC(C)C. The number of aryl methyl sites for hydroxylation is 3. The fourth-order valence-corrected chi connectivity index (χ4v) is 2.55. The average molecular weight is 332 g/mol. The Labute approximate surface area is 152 Å². The molecule has 0 N–H and O–H groups in total. The largest absolute Gasteiger partial charge is 0.365 e. The van der Waals surface area contributed by atoms with Crippen molar-refractivity contribution in [2.24, 2.45) is 5.92 Å². The third-order valence-electron chi connectivity index (χ3n) is 3.26. The minimum absolute atomic E-state index is 0.426. The van der Waals surface area contributed by atoms with Crippen molar-refractivity contribution in [3.63, 3.8) is 0 Å². The molecule has 1 aromatic carbocycles. The van der Waals surface area contributed by atoms with Crippen LogP contribution in [0.25, 0.3) is 5.70 Å². The Hall–Kier alpha value is -1.50. The van der Waals surface area contributed by atoms with E-state index < -0.39 is 0 Å². The van der Waals surface area contributed by atoms with E-state index in [2.05, 4.69) is 85.6 Å². The van der Waals surface area contributed by atoms with Gasteiger partial charge in [0, 0.05) is 23.8 Å². The molecule has 0 spiro atoms. The van der Waals surface area contributed by atoms with Gasteiger partial charge in [-0.25, -0.2) is 0 Å². The molecule has 1 heteroatoms. The van der Waals surface area contributed by atoms with Gasteiger partial charge in [-0.1, -0.05) is 65.0 Å². The molecule has 1 rings (SSSR count). The third kappa shape index (κ3) is 8.96. The molecule has 0 aliphatic heterocycles. The molecule has 0 radical (unpaired) electrons. The van der Waals surface area contributed by atoms with Crippen molar-refractivity contribution in [3.05, 3.63) is 53.6 Å². The second kappa shape index (κ2) is 12.9. The van der Waals surface area contributed by atoms with Gasteiger partial charge >= 0.3 is 0 Å². The smallest absolute Gasteiger partial charge is 0.0377 e. The molecule has 0 amide bonds. The van der Waals surface area contributed by atoms with E-state index in [1.807, 2.05) is 19.9 Å². The van der Waals surface area contributed by atoms with Crippen LogP contribution in [0.2, 0.25) is 0 Å². The van der Waals surface area contributed by atoms with E-state index in [4.69, 9.17) is 0 Å². The highest BCUT2D eigenvalue weighted by atomic mass is 15.2. The standard InChI is InChI=1S/C17H25N.C4H10.C2H6/c1-8-9-18(12(2)3)16(7)17-14(5)10-13(4)11-15(17)6;1-4(2)3;1-2/h8,10-12H,1,7,9H2,2-6H3;4H,1-3H3;1-2H3. The summed E-state index contributed by atoms with van der Waals surface area (Å²) >= 11 is 0. The summed E-state index contributed by atoms with van der Waals surface area (Å²) < 4.78 is 0. The first-order valence-corrected chi connectivity index (χ1v) is 9.26. The maximum atomic E-state index is 4.29. The number of nitrogens with zero attached hydrogens (tertiary/aromatic N) is 1. The van der Waals surface area contributed by atoms with Crippen molar-refractivity contribution in [3.8, 4) is 0 Å². The van der Waals surface area contributed by atoms with Crippen LogP contribution in [-0.2, 0) is 0 Å². The van der Waals surface area contributed by atoms with Crippen LogP contribution in [-0.4, -0.2) is 17.5 Å². The fourth-order valence-electron chi connectivity index (χ4n) is 2.55. The molecule has 0 aromatic heterocycles. The first-order valence-electron chi connectivity index (χ1n) is 9.26. The van der Waals surface area contributed by atoms with Crippen molar-refractivity contribution in [2.75, 3.05) is 6.54 Å². The van der Waals surface area contributed by atoms with Crippen LogP contribution < -0.4 is 0 Å². The predicted molar refractivity (Wildman–Crippen MR) is 114 cm³/mol. The molecule has 0 heterocycles. The summed E-state index contributed by atoms with van der Waals surface area (Å²) in [7, 11) is 0. The lowest BCUT2D eigenvalue weighted by molar-refractivity contribution is 0.363. The third-order valence-corrected chi connectivity index (χ3v) is 3.26. The van der Waals surface area contributed by atoms with Gasteiger partial charge in [-0.3, -0.25) is 0 Å². The fraction of sp³-hybridized carbons (Fsp3) is 0.565. The highest BCUT2D eigenvalue weighted by Gasteiger charge is 2.15. The summed E-state index contributed by atoms with van der Waals surface area (Å²) in [5.41, 5.74) is 6.27. The topological polar surface area (TPSA) is 3.24 Å². The quantitative estimate of drug-likeness (QED) is 0.517. The second-order valence-corrected chi connectivity index (χ2v) is 6.99. The number of rotatable bonds is 5. The molecule has 0 saturated carbocycles. The highest BCUT2D eigenvalue weighted by molar-refractivity contribution is 5.68. The van der Waals surface area contributed by atoms with Crippen LogP contribution in [0.15, 0.2) is 31.4 Å². The molecule has 24 heavy (non-hydrogen) atoms. The molecule has 0 aliphatic rings. The van der Waals surface area contributed by atoms with Crippen molar-refractivity contribution < 1.29 is 0 Å². The highest BCUT2D eigenvalue weighted by Crippen LogP contribution is 2.27. The lowest BCUT2D eigenvalue weighted by atomic mass is 9.96. The van der Waals surface area contributed by atoms with E-state index in [0.29, 0.717) is 6.04 Å². The van der Waals surface area contributed by atoms with Crippen molar-refractivity contribution in [1.29, 1.82) is 0 Å². The zero-order chi connectivity index (χ0) is 19.4. The molecule has 1 aromatic rings. The summed E-state index contributed by atoms with van der Waals surface area (Å²) in [4.78, 5) is 2.29. The molecule has 0 fully saturated rings. The lowest BCUT2D eigenvalue weighted by Crippen LogP contribution is -2.29. The van der Waals surface area contributed by atoms with Gasteiger partial charge in [0.1, 0.15) is 0 Å². The molecule has 138 valence electrons. The zero-order valence-corrected chi connectivity index (χ0v) is 18.0. The monoisotopic (exact) mass is 331 g/mol. The van der Waals surface area contributed by atoms with Crippen LogP contribution >= 0.6 is 0 Å². The van der Waals surface area contributed by atoms with Crippen molar-refractivity contribution in [1.82, 2.24) is 4.90 Å². The maximum Gasteiger partial charge on any atom is 0.0377 e. The van der Waals surface area contributed by atoms with Crippen molar-refractivity contribution >= 4 is 5.70 Å². The first-order chi connectivity index (χ1) is 11.1. The Morgan fingerprint density at radius 3 is 1.67 bits per heavy atom. The molecule has 0 aliphatic carbocycles. The number of hydrogen-bond acceptors (Lipinski definition) is 1. The predicted octanol–water partition coefficient (Wildman–Crippen LogP) is 7.17. The Morgan fingerprint density at radius 2 is 1.38 bits per heavy atom. The van der Waals surface area contributed by atoms with Crippen molar-refractivity contribution in [2.45, 2.75) is 75.3 Å². The lowest BCUT2D eigenvalue weighted by Gasteiger charge is -2.31. The van der Waals surface area contributed by atoms with E-state index in [1.54, 1.807) is 0 Å². The van der Waals surface area contributed by atoms with Gasteiger partial charge in [-0.05, 0) is 51.7 Å². The van der Waals surface area contributed by atoms with E-state index in [1.165, 1.54) is 22.3 Å². The Morgan fingerprint density at radius 1 is 1.00 bits per heavy atom. The molecule has 1 nitrogen and oxygen atoms in total. The first kappa shape index (κ1) is 24.7. The van der Waals surface area contributed by atoms with Gasteiger partial charge in [0.25, 0.3) is 0 Å². The summed E-state index contributed by atoms with van der Waals surface area (Å²) in [6.07, 6.45) is 1.93. The van der Waals surface area contributed by atoms with E-state index in [0.717, 1.165) is 18.2 Å². The average Bonchev–Trinajstić information content (AvgIpc) is 2.44. The van der Waals surface area contributed by atoms with Crippen LogP contribution in [0.4, 0.5) is 0 Å². The molecule has 0 atom stereocenters. The maximum absolute atomic E-state index is 4.29. The second-order valence-electron chi connectivity index (χ2n) is 6.99. The van der Waals surface area contributed by atoms with Gasteiger partial charge < -0.3 is 4.90 Å². The van der Waals surface area contributed by atoms with Gasteiger partial charge in [0.2, 0.25) is 0 Å². The minimum atomic E-state index is 0.426. The van der Waals surface area contributed by atoms with Crippen LogP contribution in [0, 0.1) is 26.7 Å². The number of hydrogen-bond donors (Lipinski definition) is 0. The van der Waals surface area contributed by atoms with Crippen LogP contribution in [0.1, 0.15) is 70.7 Å². The van der Waals surface area contributed by atoms with E-state index in [9.17, 15) is 0 Å². The van der Waals surface area contributed by atoms with Gasteiger partial charge in [-0.2, -0.15) is 0 Å². The Balaban J connectivity index is 0. The van der Waals surface area contributed by atoms with Gasteiger partial charge in [0.05, 0.1) is 0 Å². The normalized spacial score (nSPS) is 9.67. The number of benzene rings is 1. The molecule has 0 unspecified atom stereocenters. The summed E-state index contributed by atoms with van der Waals surface area (Å²) in [5.74, 6) is 0.833. The Bertz CT molecular complexity index is 469. The summed E-state index contributed by atoms with van der Waals surface area (Å²) in [6.45, 7) is 30.3. The van der Waals surface area contributed by atoms with E-state index >= 15 is 0 Å². The van der Waals surface area contributed by atoms with E-state index in [-0.39, 0.29) is 0 Å². The summed E-state index contributed by atoms with van der Waals surface area (Å²) in [5, 5.41) is 0. The van der Waals surface area contributed by atoms with Gasteiger partial charge in [0.15, 0.2) is 0 Å². The molecule has 0 saturated heterocycles. The molecular formula is C23H41N. The van der Waals surface area contributed by atoms with Gasteiger partial charge in [-0.15, -0.1) is 6.58 Å². The van der Waals surface area contributed by atoms with Crippen LogP contribution in [0.5, 0.6) is 0 Å². The zero-order valence-electron chi connectivity index (χ0n) is 18.0. The van der Waals surface area contributed by atoms with Crippen LogP contribution in [0.3, 0.4) is 0 Å². The Kier molecular flexibility index (Phi) is 13.3. The minimum Gasteiger partial charge on any atom is -0.365 e. The summed E-state index contributed by atoms with van der Waals surface area (Å²) in [6, 6.07) is 4.87.